The fourth-order valence-corrected chi connectivity index (χ4v) is 1.69. The third kappa shape index (κ3) is 1.80. The van der Waals surface area contributed by atoms with Gasteiger partial charge in [-0.2, -0.15) is 0 Å². The van der Waals surface area contributed by atoms with Crippen LogP contribution in [0.15, 0.2) is 22.8 Å². The van der Waals surface area contributed by atoms with Crippen LogP contribution >= 0.6 is 0 Å². The highest BCUT2D eigenvalue weighted by atomic mass is 19.1. The Morgan fingerprint density at radius 1 is 1.44 bits per heavy atom. The molecule has 2 nitrogen and oxygen atoms in total. The first kappa shape index (κ1) is 11.1. The zero-order chi connectivity index (χ0) is 11.7. The van der Waals surface area contributed by atoms with Crippen LogP contribution in [0.2, 0.25) is 0 Å². The van der Waals surface area contributed by atoms with Crippen molar-refractivity contribution in [3.8, 4) is 0 Å². The third-order valence-electron chi connectivity index (χ3n) is 2.72. The van der Waals surface area contributed by atoms with Crippen LogP contribution in [-0.2, 0) is 6.42 Å². The summed E-state index contributed by atoms with van der Waals surface area (Å²) in [6.07, 6.45) is 1.72. The van der Waals surface area contributed by atoms with E-state index in [0.717, 1.165) is 0 Å². The largest absolute Gasteiger partial charge is 0.461 e. The Bertz CT molecular complexity index is 507. The van der Waals surface area contributed by atoms with Gasteiger partial charge in [0.25, 0.3) is 0 Å². The van der Waals surface area contributed by atoms with E-state index in [1.807, 2.05) is 6.92 Å². The fraction of sp³-hybridized carbons (Fsp3) is 0.333. The zero-order valence-corrected chi connectivity index (χ0v) is 9.18. The lowest BCUT2D eigenvalue weighted by Gasteiger charge is -2.11. The minimum Gasteiger partial charge on any atom is -0.461 e. The lowest BCUT2D eigenvalue weighted by atomic mass is 10.0. The lowest BCUT2D eigenvalue weighted by molar-refractivity contribution is 0.530. The van der Waals surface area contributed by atoms with Crippen LogP contribution in [0.5, 0.6) is 0 Å². The molecule has 0 saturated heterocycles. The van der Waals surface area contributed by atoms with E-state index in [0.29, 0.717) is 12.0 Å². The van der Waals surface area contributed by atoms with E-state index >= 15 is 0 Å². The molecule has 86 valence electrons. The van der Waals surface area contributed by atoms with Crippen molar-refractivity contribution in [1.82, 2.24) is 5.32 Å². The summed E-state index contributed by atoms with van der Waals surface area (Å²) < 4.78 is 32.4. The molecule has 0 bridgehead atoms. The highest BCUT2D eigenvalue weighted by Crippen LogP contribution is 2.25. The molecule has 0 aliphatic rings. The first-order valence-electron chi connectivity index (χ1n) is 5.14. The van der Waals surface area contributed by atoms with Gasteiger partial charge in [0, 0.05) is 6.04 Å². The van der Waals surface area contributed by atoms with E-state index < -0.39 is 11.6 Å². The highest BCUT2D eigenvalue weighted by molar-refractivity contribution is 5.79. The molecule has 0 radical (unpaired) electrons. The Hall–Kier alpha value is -1.42. The van der Waals surface area contributed by atoms with Crippen molar-refractivity contribution in [2.24, 2.45) is 0 Å². The summed E-state index contributed by atoms with van der Waals surface area (Å²) in [5.41, 5.74) is 0.333. The number of benzene rings is 1. The maximum absolute atomic E-state index is 13.9. The Morgan fingerprint density at radius 3 is 2.88 bits per heavy atom. The van der Waals surface area contributed by atoms with Gasteiger partial charge in [-0.15, -0.1) is 0 Å². The number of nitrogens with one attached hydrogen (secondary N) is 1. The summed E-state index contributed by atoms with van der Waals surface area (Å²) >= 11 is 0. The van der Waals surface area contributed by atoms with Crippen molar-refractivity contribution in [2.75, 3.05) is 7.05 Å². The quantitative estimate of drug-likeness (QED) is 0.868. The monoisotopic (exact) mass is 225 g/mol. The lowest BCUT2D eigenvalue weighted by Crippen LogP contribution is -2.24. The van der Waals surface area contributed by atoms with Gasteiger partial charge in [-0.25, -0.2) is 8.78 Å². The van der Waals surface area contributed by atoms with Gasteiger partial charge in [0.1, 0.15) is 5.82 Å². The molecule has 0 saturated carbocycles. The first-order chi connectivity index (χ1) is 7.63. The summed E-state index contributed by atoms with van der Waals surface area (Å²) in [6.45, 7) is 1.91. The molecule has 1 atom stereocenters. The SMILES string of the molecule is CNC(C)Cc1cc(F)c2ccoc2c1F. The molecule has 1 aromatic heterocycles. The molecule has 16 heavy (non-hydrogen) atoms. The van der Waals surface area contributed by atoms with E-state index in [-0.39, 0.29) is 17.0 Å². The molecule has 2 aromatic rings. The maximum atomic E-state index is 13.9. The molecule has 1 heterocycles. The van der Waals surface area contributed by atoms with Crippen LogP contribution in [0.1, 0.15) is 12.5 Å². The second-order valence-corrected chi connectivity index (χ2v) is 3.89. The Balaban J connectivity index is 2.49. The van der Waals surface area contributed by atoms with E-state index in [4.69, 9.17) is 4.42 Å². The molecule has 1 unspecified atom stereocenters. The minimum atomic E-state index is -0.469. The van der Waals surface area contributed by atoms with E-state index in [2.05, 4.69) is 5.32 Å². The summed E-state index contributed by atoms with van der Waals surface area (Å²) in [5.74, 6) is -0.910. The minimum absolute atomic E-state index is 0.00157. The van der Waals surface area contributed by atoms with Crippen molar-refractivity contribution in [3.05, 3.63) is 35.6 Å². The van der Waals surface area contributed by atoms with Gasteiger partial charge in [-0.3, -0.25) is 0 Å². The normalized spacial score (nSPS) is 13.2. The maximum Gasteiger partial charge on any atom is 0.172 e. The van der Waals surface area contributed by atoms with Gasteiger partial charge < -0.3 is 9.73 Å². The van der Waals surface area contributed by atoms with Gasteiger partial charge in [-0.1, -0.05) is 0 Å². The summed E-state index contributed by atoms with van der Waals surface area (Å²) in [6, 6.07) is 2.75. The van der Waals surface area contributed by atoms with Crippen LogP contribution in [0, 0.1) is 11.6 Å². The Labute approximate surface area is 92.2 Å². The number of rotatable bonds is 3. The number of likely N-dealkylation sites (N-methyl/N-ethyl adjacent to an activating group) is 1. The molecule has 2 rings (SSSR count). The van der Waals surface area contributed by atoms with Gasteiger partial charge >= 0.3 is 0 Å². The van der Waals surface area contributed by atoms with Gasteiger partial charge in [0.15, 0.2) is 11.4 Å². The summed E-state index contributed by atoms with van der Waals surface area (Å²) in [4.78, 5) is 0. The number of fused-ring (bicyclic) bond motifs is 1. The number of halogens is 2. The topological polar surface area (TPSA) is 25.2 Å². The van der Waals surface area contributed by atoms with Crippen molar-refractivity contribution >= 4 is 11.0 Å². The van der Waals surface area contributed by atoms with Gasteiger partial charge in [-0.05, 0) is 38.1 Å². The van der Waals surface area contributed by atoms with Crippen LogP contribution in [0.3, 0.4) is 0 Å². The van der Waals surface area contributed by atoms with Crippen LogP contribution < -0.4 is 5.32 Å². The van der Waals surface area contributed by atoms with Crippen molar-refractivity contribution in [3.63, 3.8) is 0 Å². The average Bonchev–Trinajstić information content (AvgIpc) is 2.74. The highest BCUT2D eigenvalue weighted by Gasteiger charge is 2.16. The number of furan rings is 1. The molecule has 1 aromatic carbocycles. The third-order valence-corrected chi connectivity index (χ3v) is 2.72. The number of hydrogen-bond donors (Lipinski definition) is 1. The van der Waals surface area contributed by atoms with E-state index in [9.17, 15) is 8.78 Å². The van der Waals surface area contributed by atoms with Crippen LogP contribution in [-0.4, -0.2) is 13.1 Å². The average molecular weight is 225 g/mol. The van der Waals surface area contributed by atoms with E-state index in [1.54, 1.807) is 7.05 Å². The molecular formula is C12H13F2NO. The Kier molecular flexibility index (Phi) is 2.92. The molecule has 0 spiro atoms. The summed E-state index contributed by atoms with van der Waals surface area (Å²) in [7, 11) is 1.78. The summed E-state index contributed by atoms with van der Waals surface area (Å²) in [5, 5.41) is 3.18. The molecule has 1 N–H and O–H groups in total. The fourth-order valence-electron chi connectivity index (χ4n) is 1.69. The molecule has 0 aliphatic heterocycles. The second-order valence-electron chi connectivity index (χ2n) is 3.89. The van der Waals surface area contributed by atoms with Crippen LogP contribution in [0.25, 0.3) is 11.0 Å². The zero-order valence-electron chi connectivity index (χ0n) is 9.18. The molecule has 0 amide bonds. The predicted molar refractivity (Wildman–Crippen MR) is 58.4 cm³/mol. The number of hydrogen-bond acceptors (Lipinski definition) is 2. The second kappa shape index (κ2) is 4.22. The molecular weight excluding hydrogens is 212 g/mol. The first-order valence-corrected chi connectivity index (χ1v) is 5.14. The van der Waals surface area contributed by atoms with Crippen molar-refractivity contribution in [2.45, 2.75) is 19.4 Å². The van der Waals surface area contributed by atoms with Crippen molar-refractivity contribution < 1.29 is 13.2 Å². The molecule has 4 heteroatoms. The van der Waals surface area contributed by atoms with E-state index in [1.165, 1.54) is 18.4 Å². The predicted octanol–water partition coefficient (Wildman–Crippen LogP) is 2.86. The standard InChI is InChI=1S/C12H13F2NO/c1-7(15-2)5-8-6-10(13)9-3-4-16-12(9)11(8)14/h3-4,6-7,15H,5H2,1-2H3. The van der Waals surface area contributed by atoms with Gasteiger partial charge in [0.2, 0.25) is 0 Å². The molecule has 0 aliphatic carbocycles. The van der Waals surface area contributed by atoms with Crippen molar-refractivity contribution in [1.29, 1.82) is 0 Å². The van der Waals surface area contributed by atoms with Gasteiger partial charge in [0.05, 0.1) is 11.6 Å². The molecule has 0 fully saturated rings. The van der Waals surface area contributed by atoms with Crippen LogP contribution in [0.4, 0.5) is 8.78 Å². The smallest absolute Gasteiger partial charge is 0.172 e. The Morgan fingerprint density at radius 2 is 2.19 bits per heavy atom.